The zero-order valence-electron chi connectivity index (χ0n) is 39.1. The van der Waals surface area contributed by atoms with Crippen LogP contribution in [0.2, 0.25) is 0 Å². The summed E-state index contributed by atoms with van der Waals surface area (Å²) in [5, 5.41) is 24.8. The highest BCUT2D eigenvalue weighted by Gasteiger charge is 2.41. The molecule has 0 radical (unpaired) electrons. The molecular formula is C51H75N3O10P+. The summed E-state index contributed by atoms with van der Waals surface area (Å²) >= 11 is 0. The number of phosphoric ester groups is 1. The molecule has 0 aliphatic heterocycles. The second-order valence-electron chi connectivity index (χ2n) is 18.0. The molecule has 5 rings (SSSR count). The molecule has 0 heterocycles. The Balaban J connectivity index is 1.05. The Kier molecular flexibility index (Phi) is 21.1. The van der Waals surface area contributed by atoms with Crippen molar-refractivity contribution < 1.29 is 52.2 Å². The number of methoxy groups -OCH3 is 1. The standard InChI is InChI=1S/C51H74N3O10P/c1-4-54(5-2,31-34-62-50(56)41-26-28-51(39-52,29-27-41)44-24-25-47(60-3)49(36-44)63-45-20-11-12-21-45)38-43-23-22-42(35-48(43)64-65(57,58)59)46(55)37-53-30-14-6-7-15-32-61-33-16-13-19-40-17-9-8-10-18-40/h8-10,17-18,22-25,35-36,41,45-46,53,55H,4-7,11-16,19-21,26-34,37-38H2,1-3H3,(H-,57,58,59)/p+1/t41-,46?,51+. The third kappa shape index (κ3) is 16.4. The molecule has 2 aliphatic carbocycles. The first-order valence-electron chi connectivity index (χ1n) is 24.1. The Labute approximate surface area is 387 Å². The van der Waals surface area contributed by atoms with Gasteiger partial charge >= 0.3 is 13.8 Å². The molecule has 3 aromatic rings. The summed E-state index contributed by atoms with van der Waals surface area (Å²) in [6, 6.07) is 23.9. The van der Waals surface area contributed by atoms with E-state index in [0.29, 0.717) is 79.0 Å². The Morgan fingerprint density at radius 3 is 2.26 bits per heavy atom. The van der Waals surface area contributed by atoms with Crippen LogP contribution in [0, 0.1) is 17.2 Å². The fraction of sp³-hybridized carbons (Fsp3) is 0.608. The maximum atomic E-state index is 13.4. The van der Waals surface area contributed by atoms with Gasteiger partial charge in [0.2, 0.25) is 0 Å². The van der Waals surface area contributed by atoms with Crippen LogP contribution in [0.25, 0.3) is 0 Å². The Morgan fingerprint density at radius 1 is 0.877 bits per heavy atom. The summed E-state index contributed by atoms with van der Waals surface area (Å²) in [6.07, 6.45) is 13.0. The zero-order valence-corrected chi connectivity index (χ0v) is 40.0. The van der Waals surface area contributed by atoms with Crippen LogP contribution in [-0.2, 0) is 37.2 Å². The van der Waals surface area contributed by atoms with E-state index in [0.717, 1.165) is 96.0 Å². The molecule has 0 spiro atoms. The van der Waals surface area contributed by atoms with Crippen molar-refractivity contribution >= 4 is 13.8 Å². The molecule has 2 fully saturated rings. The first-order chi connectivity index (χ1) is 31.4. The Bertz CT molecular complexity index is 1970. The summed E-state index contributed by atoms with van der Waals surface area (Å²) in [7, 11) is -3.30. The van der Waals surface area contributed by atoms with E-state index < -0.39 is 19.3 Å². The second kappa shape index (κ2) is 26.4. The summed E-state index contributed by atoms with van der Waals surface area (Å²) in [4.78, 5) is 33.1. The Hall–Kier alpha value is -3.99. The van der Waals surface area contributed by atoms with Crippen LogP contribution in [0.4, 0.5) is 0 Å². The van der Waals surface area contributed by atoms with E-state index in [4.69, 9.17) is 23.5 Å². The molecule has 2 aliphatic rings. The number of nitrogens with one attached hydrogen (secondary N) is 1. The minimum atomic E-state index is -4.92. The summed E-state index contributed by atoms with van der Waals surface area (Å²) in [5.74, 6) is 0.747. The normalized spacial score (nSPS) is 18.5. The van der Waals surface area contributed by atoms with Crippen molar-refractivity contribution in [2.75, 3.05) is 59.7 Å². The summed E-state index contributed by atoms with van der Waals surface area (Å²) in [5.41, 5.74) is 2.59. The number of rotatable bonds is 29. The van der Waals surface area contributed by atoms with Gasteiger partial charge in [0.25, 0.3) is 0 Å². The number of quaternary nitrogens is 1. The van der Waals surface area contributed by atoms with E-state index >= 15 is 0 Å². The van der Waals surface area contributed by atoms with Gasteiger partial charge < -0.3 is 38.4 Å². The van der Waals surface area contributed by atoms with Crippen molar-refractivity contribution in [2.45, 2.75) is 134 Å². The number of aryl methyl sites for hydroxylation is 1. The number of hydrogen-bond acceptors (Lipinski definition) is 10. The first kappa shape index (κ1) is 52.0. The zero-order chi connectivity index (χ0) is 46.5. The van der Waals surface area contributed by atoms with Crippen molar-refractivity contribution in [1.82, 2.24) is 5.32 Å². The van der Waals surface area contributed by atoms with Crippen LogP contribution >= 0.6 is 7.82 Å². The molecule has 2 saturated carbocycles. The lowest BCUT2D eigenvalue weighted by atomic mass is 9.67. The van der Waals surface area contributed by atoms with Gasteiger partial charge in [-0.1, -0.05) is 55.3 Å². The van der Waals surface area contributed by atoms with Gasteiger partial charge in [-0.05, 0) is 145 Å². The van der Waals surface area contributed by atoms with Gasteiger partial charge in [0, 0.05) is 25.3 Å². The number of aliphatic hydroxyl groups excluding tert-OH is 1. The maximum absolute atomic E-state index is 13.4. The summed E-state index contributed by atoms with van der Waals surface area (Å²) < 4.78 is 41.4. The first-order valence-corrected chi connectivity index (χ1v) is 25.6. The van der Waals surface area contributed by atoms with Crippen LogP contribution < -0.4 is 19.3 Å². The third-order valence-corrected chi connectivity index (χ3v) is 14.1. The lowest BCUT2D eigenvalue weighted by molar-refractivity contribution is -0.937. The van der Waals surface area contributed by atoms with Crippen molar-refractivity contribution in [3.8, 4) is 23.3 Å². The molecule has 65 heavy (non-hydrogen) atoms. The number of aliphatic hydroxyl groups is 1. The van der Waals surface area contributed by atoms with Crippen LogP contribution in [-0.4, -0.2) is 91.1 Å². The number of carbonyl (C=O) groups is 1. The minimum absolute atomic E-state index is 0.0203. The smallest absolute Gasteiger partial charge is 0.493 e. The van der Waals surface area contributed by atoms with Crippen LogP contribution in [0.3, 0.4) is 0 Å². The predicted molar refractivity (Wildman–Crippen MR) is 252 cm³/mol. The van der Waals surface area contributed by atoms with E-state index in [1.165, 1.54) is 11.6 Å². The van der Waals surface area contributed by atoms with Gasteiger partial charge in [-0.3, -0.25) is 14.6 Å². The van der Waals surface area contributed by atoms with Gasteiger partial charge in [0.1, 0.15) is 25.4 Å². The fourth-order valence-corrected chi connectivity index (χ4v) is 9.72. The molecule has 4 N–H and O–H groups in total. The van der Waals surface area contributed by atoms with E-state index in [9.17, 15) is 29.5 Å². The topological polar surface area (TPSA) is 177 Å². The van der Waals surface area contributed by atoms with E-state index in [-0.39, 0.29) is 36.9 Å². The lowest BCUT2D eigenvalue weighted by Crippen LogP contribution is -2.49. The fourth-order valence-electron chi connectivity index (χ4n) is 9.29. The number of benzene rings is 3. The predicted octanol–water partition coefficient (Wildman–Crippen LogP) is 9.26. The second-order valence-corrected chi connectivity index (χ2v) is 19.2. The molecule has 13 nitrogen and oxygen atoms in total. The number of hydrogen-bond donors (Lipinski definition) is 4. The largest absolute Gasteiger partial charge is 0.524 e. The molecule has 1 atom stereocenters. The molecule has 358 valence electrons. The van der Waals surface area contributed by atoms with Gasteiger partial charge in [-0.25, -0.2) is 4.57 Å². The molecule has 0 saturated heterocycles. The minimum Gasteiger partial charge on any atom is -0.493 e. The van der Waals surface area contributed by atoms with E-state index in [1.807, 2.05) is 38.1 Å². The van der Waals surface area contributed by atoms with E-state index in [1.54, 1.807) is 19.2 Å². The number of esters is 1. The van der Waals surface area contributed by atoms with Gasteiger partial charge in [0.05, 0.1) is 49.8 Å². The van der Waals surface area contributed by atoms with Gasteiger partial charge in [0.15, 0.2) is 11.5 Å². The molecule has 0 aromatic heterocycles. The molecule has 0 amide bonds. The molecular weight excluding hydrogens is 846 g/mol. The monoisotopic (exact) mass is 921 g/mol. The van der Waals surface area contributed by atoms with Crippen molar-refractivity contribution in [3.63, 3.8) is 0 Å². The van der Waals surface area contributed by atoms with Gasteiger partial charge in [-0.2, -0.15) is 5.26 Å². The van der Waals surface area contributed by atoms with Crippen molar-refractivity contribution in [2.24, 2.45) is 5.92 Å². The van der Waals surface area contributed by atoms with Crippen molar-refractivity contribution in [3.05, 3.63) is 89.0 Å². The number of phosphoric acid groups is 1. The number of nitrogens with zero attached hydrogens (tertiary/aromatic N) is 2. The highest BCUT2D eigenvalue weighted by Crippen LogP contribution is 2.45. The summed E-state index contributed by atoms with van der Waals surface area (Å²) in [6.45, 7) is 9.02. The molecule has 1 unspecified atom stereocenters. The maximum Gasteiger partial charge on any atom is 0.524 e. The van der Waals surface area contributed by atoms with Gasteiger partial charge in [-0.15, -0.1) is 0 Å². The highest BCUT2D eigenvalue weighted by molar-refractivity contribution is 7.46. The van der Waals surface area contributed by atoms with Crippen LogP contribution in [0.5, 0.6) is 17.2 Å². The van der Waals surface area contributed by atoms with Crippen LogP contribution in [0.15, 0.2) is 66.7 Å². The number of likely N-dealkylation sites (N-methyl/N-ethyl adjacent to an activating group) is 1. The number of ether oxygens (including phenoxy) is 4. The molecule has 3 aromatic carbocycles. The molecule has 14 heteroatoms. The highest BCUT2D eigenvalue weighted by atomic mass is 31.2. The average Bonchev–Trinajstić information content (AvgIpc) is 3.83. The average molecular weight is 921 g/mol. The quantitative estimate of drug-likeness (QED) is 0.0225. The van der Waals surface area contributed by atoms with Crippen molar-refractivity contribution in [1.29, 1.82) is 5.26 Å². The third-order valence-electron chi connectivity index (χ3n) is 13.6. The van der Waals surface area contributed by atoms with Crippen LogP contribution in [0.1, 0.15) is 132 Å². The number of carbonyl (C=O) groups excluding carboxylic acids is 1. The number of nitriles is 1. The molecule has 0 bridgehead atoms. The number of unbranched alkanes of at least 4 members (excludes halogenated alkanes) is 4. The van der Waals surface area contributed by atoms with E-state index in [2.05, 4.69) is 35.7 Å². The SMILES string of the molecule is CC[N+](CC)(CCOC(=O)[C@H]1CC[C@@](C#N)(c2ccc(OC)c(OC3CCCC3)c2)CC1)Cc1ccc(C(O)CNCCCCCCOCCCCc2ccccc2)cc1OP(=O)(O)O. The Morgan fingerprint density at radius 2 is 1.58 bits per heavy atom. The lowest BCUT2D eigenvalue weighted by Gasteiger charge is -2.37.